The Balaban J connectivity index is 2.15. The number of aliphatic hydroxyl groups is 1. The lowest BCUT2D eigenvalue weighted by Gasteiger charge is -2.13. The maximum Gasteiger partial charge on any atom is 0.188 e. The highest BCUT2D eigenvalue weighted by Crippen LogP contribution is 2.33. The Hall–Kier alpha value is -0.610. The molecule has 0 bridgehead atoms. The van der Waals surface area contributed by atoms with Gasteiger partial charge in [0, 0.05) is 16.6 Å². The molecule has 1 saturated carbocycles. The van der Waals surface area contributed by atoms with Crippen LogP contribution in [0.2, 0.25) is 0 Å². The third-order valence-electron chi connectivity index (χ3n) is 3.29. The highest BCUT2D eigenvalue weighted by molar-refractivity contribution is 7.99. The molecule has 0 spiro atoms. The maximum absolute atomic E-state index is 9.77. The van der Waals surface area contributed by atoms with Gasteiger partial charge in [0.15, 0.2) is 5.16 Å². The van der Waals surface area contributed by atoms with E-state index >= 15 is 0 Å². The van der Waals surface area contributed by atoms with E-state index in [0.29, 0.717) is 0 Å². The molecule has 16 heavy (non-hydrogen) atoms. The monoisotopic (exact) mass is 238 g/mol. The normalized spacial score (nSPS) is 25.0. The highest BCUT2D eigenvalue weighted by Gasteiger charge is 2.27. The van der Waals surface area contributed by atoms with Gasteiger partial charge in [0.1, 0.15) is 0 Å². The van der Waals surface area contributed by atoms with Crippen LogP contribution in [0.5, 0.6) is 0 Å². The molecule has 0 aliphatic heterocycles. The summed E-state index contributed by atoms with van der Waals surface area (Å²) in [6.45, 7) is 6.07. The van der Waals surface area contributed by atoms with Crippen LogP contribution in [0, 0.1) is 20.8 Å². The van der Waals surface area contributed by atoms with E-state index in [0.717, 1.165) is 41.4 Å². The molecule has 1 aromatic rings. The van der Waals surface area contributed by atoms with Crippen molar-refractivity contribution in [3.63, 3.8) is 0 Å². The minimum atomic E-state index is -0.185. The van der Waals surface area contributed by atoms with Crippen molar-refractivity contribution in [2.75, 3.05) is 0 Å². The lowest BCUT2D eigenvalue weighted by molar-refractivity contribution is 0.188. The first kappa shape index (κ1) is 11.9. The SMILES string of the molecule is Cc1nc(S[C@@H]2CCC[C@H]2O)nc(C)c1C. The Labute approximate surface area is 101 Å². The molecular formula is C12H18N2OS. The van der Waals surface area contributed by atoms with Gasteiger partial charge in [-0.15, -0.1) is 0 Å². The number of nitrogens with zero attached hydrogens (tertiary/aromatic N) is 2. The van der Waals surface area contributed by atoms with Crippen LogP contribution < -0.4 is 0 Å². The first-order valence-corrected chi connectivity index (χ1v) is 6.62. The molecule has 0 radical (unpaired) electrons. The van der Waals surface area contributed by atoms with Gasteiger partial charge in [-0.3, -0.25) is 0 Å². The molecule has 1 N–H and O–H groups in total. The fourth-order valence-electron chi connectivity index (χ4n) is 1.97. The van der Waals surface area contributed by atoms with E-state index in [-0.39, 0.29) is 11.4 Å². The second-order valence-corrected chi connectivity index (χ2v) is 5.66. The third-order valence-corrected chi connectivity index (χ3v) is 4.53. The summed E-state index contributed by atoms with van der Waals surface area (Å²) < 4.78 is 0. The van der Waals surface area contributed by atoms with Crippen molar-refractivity contribution >= 4 is 11.8 Å². The van der Waals surface area contributed by atoms with E-state index in [4.69, 9.17) is 0 Å². The smallest absolute Gasteiger partial charge is 0.188 e. The molecule has 1 aromatic heterocycles. The zero-order valence-corrected chi connectivity index (χ0v) is 10.8. The largest absolute Gasteiger partial charge is 0.392 e. The summed E-state index contributed by atoms with van der Waals surface area (Å²) >= 11 is 1.62. The molecule has 1 aliphatic rings. The number of thioether (sulfide) groups is 1. The molecule has 0 aromatic carbocycles. The lowest BCUT2D eigenvalue weighted by Crippen LogP contribution is -2.15. The molecule has 0 saturated heterocycles. The molecule has 0 amide bonds. The molecule has 2 atom stereocenters. The molecule has 0 unspecified atom stereocenters. The van der Waals surface area contributed by atoms with Gasteiger partial charge in [0.05, 0.1) is 6.10 Å². The molecule has 1 heterocycles. The topological polar surface area (TPSA) is 46.0 Å². The van der Waals surface area contributed by atoms with Gasteiger partial charge in [-0.1, -0.05) is 11.8 Å². The predicted molar refractivity (Wildman–Crippen MR) is 65.7 cm³/mol. The molecule has 3 nitrogen and oxygen atoms in total. The summed E-state index contributed by atoms with van der Waals surface area (Å²) in [5.74, 6) is 0. The number of rotatable bonds is 2. The standard InChI is InChI=1S/C12H18N2OS/c1-7-8(2)13-12(14-9(7)3)16-11-6-4-5-10(11)15/h10-11,15H,4-6H2,1-3H3/t10-,11-/m1/s1. The number of aryl methyl sites for hydroxylation is 2. The minimum Gasteiger partial charge on any atom is -0.392 e. The molecule has 1 fully saturated rings. The van der Waals surface area contributed by atoms with Crippen LogP contribution in [0.4, 0.5) is 0 Å². The van der Waals surface area contributed by atoms with E-state index in [9.17, 15) is 5.11 Å². The number of hydrogen-bond acceptors (Lipinski definition) is 4. The number of hydrogen-bond donors (Lipinski definition) is 1. The lowest BCUT2D eigenvalue weighted by atomic mass is 10.2. The van der Waals surface area contributed by atoms with Crippen molar-refractivity contribution in [3.05, 3.63) is 17.0 Å². The van der Waals surface area contributed by atoms with Gasteiger partial charge < -0.3 is 5.11 Å². The number of aliphatic hydroxyl groups excluding tert-OH is 1. The van der Waals surface area contributed by atoms with Crippen LogP contribution >= 0.6 is 11.8 Å². The third kappa shape index (κ3) is 2.38. The van der Waals surface area contributed by atoms with E-state index in [1.165, 1.54) is 0 Å². The molecule has 1 aliphatic carbocycles. The Bertz CT molecular complexity index is 372. The van der Waals surface area contributed by atoms with Crippen molar-refractivity contribution in [1.82, 2.24) is 9.97 Å². The fourth-order valence-corrected chi connectivity index (χ4v) is 3.20. The maximum atomic E-state index is 9.77. The van der Waals surface area contributed by atoms with Crippen molar-refractivity contribution in [1.29, 1.82) is 0 Å². The van der Waals surface area contributed by atoms with Gasteiger partial charge in [0.2, 0.25) is 0 Å². The van der Waals surface area contributed by atoms with Crippen LogP contribution in [-0.2, 0) is 0 Å². The van der Waals surface area contributed by atoms with Crippen molar-refractivity contribution in [3.8, 4) is 0 Å². The quantitative estimate of drug-likeness (QED) is 0.804. The second-order valence-electron chi connectivity index (χ2n) is 4.46. The zero-order valence-electron chi connectivity index (χ0n) is 10.0. The summed E-state index contributed by atoms with van der Waals surface area (Å²) in [7, 11) is 0. The average Bonchev–Trinajstić information content (AvgIpc) is 2.61. The van der Waals surface area contributed by atoms with Crippen LogP contribution in [0.3, 0.4) is 0 Å². The fraction of sp³-hybridized carbons (Fsp3) is 0.667. The molecule has 4 heteroatoms. The predicted octanol–water partition coefficient (Wildman–Crippen LogP) is 2.41. The van der Waals surface area contributed by atoms with Crippen LogP contribution in [0.15, 0.2) is 5.16 Å². The first-order chi connectivity index (χ1) is 7.58. The van der Waals surface area contributed by atoms with Crippen LogP contribution in [0.25, 0.3) is 0 Å². The van der Waals surface area contributed by atoms with Gasteiger partial charge in [-0.25, -0.2) is 9.97 Å². The summed E-state index contributed by atoms with van der Waals surface area (Å²) in [4.78, 5) is 8.94. The molecular weight excluding hydrogens is 220 g/mol. The van der Waals surface area contributed by atoms with Crippen molar-refractivity contribution in [2.24, 2.45) is 0 Å². The molecule has 2 rings (SSSR count). The van der Waals surface area contributed by atoms with Gasteiger partial charge in [-0.2, -0.15) is 0 Å². The Morgan fingerprint density at radius 3 is 2.25 bits per heavy atom. The van der Waals surface area contributed by atoms with Crippen molar-refractivity contribution in [2.45, 2.75) is 56.5 Å². The highest BCUT2D eigenvalue weighted by atomic mass is 32.2. The van der Waals surface area contributed by atoms with Crippen molar-refractivity contribution < 1.29 is 5.11 Å². The zero-order chi connectivity index (χ0) is 11.7. The van der Waals surface area contributed by atoms with E-state index < -0.39 is 0 Å². The second kappa shape index (κ2) is 4.72. The Kier molecular flexibility index (Phi) is 3.50. The summed E-state index contributed by atoms with van der Waals surface area (Å²) in [5, 5.41) is 10.9. The van der Waals surface area contributed by atoms with E-state index in [1.54, 1.807) is 11.8 Å². The summed E-state index contributed by atoms with van der Waals surface area (Å²) in [5.41, 5.74) is 3.25. The van der Waals surface area contributed by atoms with E-state index in [1.807, 2.05) is 20.8 Å². The Morgan fingerprint density at radius 1 is 1.12 bits per heavy atom. The van der Waals surface area contributed by atoms with E-state index in [2.05, 4.69) is 9.97 Å². The first-order valence-electron chi connectivity index (χ1n) is 5.74. The summed E-state index contributed by atoms with van der Waals surface area (Å²) in [6.07, 6.45) is 2.92. The van der Waals surface area contributed by atoms with Gasteiger partial charge >= 0.3 is 0 Å². The van der Waals surface area contributed by atoms with Crippen LogP contribution in [0.1, 0.15) is 36.2 Å². The minimum absolute atomic E-state index is 0.185. The number of aromatic nitrogens is 2. The van der Waals surface area contributed by atoms with Gasteiger partial charge in [-0.05, 0) is 45.6 Å². The molecule has 88 valence electrons. The Morgan fingerprint density at radius 2 is 1.75 bits per heavy atom. The van der Waals surface area contributed by atoms with Gasteiger partial charge in [0.25, 0.3) is 0 Å². The summed E-state index contributed by atoms with van der Waals surface area (Å²) in [6, 6.07) is 0. The van der Waals surface area contributed by atoms with Crippen LogP contribution in [-0.4, -0.2) is 26.4 Å². The average molecular weight is 238 g/mol.